The number of hydrogen-bond acceptors (Lipinski definition) is 7. The summed E-state index contributed by atoms with van der Waals surface area (Å²) >= 11 is 5.74. The summed E-state index contributed by atoms with van der Waals surface area (Å²) < 4.78 is 0. The summed E-state index contributed by atoms with van der Waals surface area (Å²) in [4.78, 5) is 19.6. The van der Waals surface area contributed by atoms with Crippen LogP contribution in [0.5, 0.6) is 0 Å². The van der Waals surface area contributed by atoms with E-state index >= 15 is 0 Å². The van der Waals surface area contributed by atoms with Crippen LogP contribution in [0.25, 0.3) is 0 Å². The van der Waals surface area contributed by atoms with Crippen LogP contribution in [0.15, 0.2) is 0 Å². The number of unbranched alkanes of at least 4 members (excludes halogenated alkanes) is 7. The van der Waals surface area contributed by atoms with E-state index in [1.54, 1.807) is 0 Å². The topological polar surface area (TPSA) is 169 Å². The van der Waals surface area contributed by atoms with Crippen molar-refractivity contribution >= 4 is 35.1 Å². The van der Waals surface area contributed by atoms with E-state index in [4.69, 9.17) is 34.2 Å². The van der Waals surface area contributed by atoms with E-state index in [0.717, 1.165) is 25.8 Å². The minimum absolute atomic E-state index is 0.0479. The fourth-order valence-electron chi connectivity index (χ4n) is 2.37. The predicted octanol–water partition coefficient (Wildman–Crippen LogP) is 1.63. The van der Waals surface area contributed by atoms with E-state index in [9.17, 15) is 4.79 Å². The number of halogens is 1. The van der Waals surface area contributed by atoms with E-state index < -0.39 is 5.91 Å². The highest BCUT2D eigenvalue weighted by atomic mass is 35.5. The van der Waals surface area contributed by atoms with Crippen molar-refractivity contribution in [2.75, 3.05) is 24.6 Å². The summed E-state index contributed by atoms with van der Waals surface area (Å²) in [5.74, 6) is -0.963. The molecule has 1 rings (SSSR count). The van der Waals surface area contributed by atoms with Crippen molar-refractivity contribution < 1.29 is 4.79 Å². The molecule has 0 spiro atoms. The van der Waals surface area contributed by atoms with Gasteiger partial charge in [0.25, 0.3) is 5.91 Å². The molecule has 0 aromatic carbocycles. The lowest BCUT2D eigenvalue weighted by Gasteiger charge is -2.10. The zero-order valence-corrected chi connectivity index (χ0v) is 15.7. The number of nitrogens with one attached hydrogen (secondary N) is 3. The summed E-state index contributed by atoms with van der Waals surface area (Å²) in [6.45, 7) is 1.38. The first-order chi connectivity index (χ1) is 12.5. The molecule has 0 saturated heterocycles. The maximum absolute atomic E-state index is 12.0. The standard InChI is InChI=1S/C16H29ClN8O/c17-12-14(20)24-13(19)11(23-12)15(26)25-16(21)22-10-8-6-4-2-1-3-5-7-9-18/h1-10,18H2,(H4,19,20,24)(H3,21,22,25,26). The van der Waals surface area contributed by atoms with Crippen molar-refractivity contribution in [3.63, 3.8) is 0 Å². The van der Waals surface area contributed by atoms with Crippen LogP contribution in [0.1, 0.15) is 61.9 Å². The van der Waals surface area contributed by atoms with Crippen LogP contribution in [-0.2, 0) is 0 Å². The van der Waals surface area contributed by atoms with Crippen molar-refractivity contribution in [3.8, 4) is 0 Å². The van der Waals surface area contributed by atoms with E-state index in [1.165, 1.54) is 32.1 Å². The maximum atomic E-state index is 12.0. The Hall–Kier alpha value is -2.13. The summed E-state index contributed by atoms with van der Waals surface area (Å²) in [7, 11) is 0. The molecule has 0 fully saturated rings. The Morgan fingerprint density at radius 1 is 0.962 bits per heavy atom. The monoisotopic (exact) mass is 384 g/mol. The first-order valence-corrected chi connectivity index (χ1v) is 9.25. The second kappa shape index (κ2) is 12.3. The molecule has 10 heteroatoms. The quantitative estimate of drug-likeness (QED) is 0.191. The highest BCUT2D eigenvalue weighted by Crippen LogP contribution is 2.17. The second-order valence-corrected chi connectivity index (χ2v) is 6.36. The highest BCUT2D eigenvalue weighted by Gasteiger charge is 2.16. The van der Waals surface area contributed by atoms with Gasteiger partial charge in [-0.3, -0.25) is 15.5 Å². The largest absolute Gasteiger partial charge is 0.382 e. The Labute approximate surface area is 159 Å². The van der Waals surface area contributed by atoms with Crippen molar-refractivity contribution in [1.29, 1.82) is 5.41 Å². The number of carbonyl (C=O) groups is 1. The predicted molar refractivity (Wildman–Crippen MR) is 105 cm³/mol. The lowest BCUT2D eigenvalue weighted by Crippen LogP contribution is -2.41. The first kappa shape index (κ1) is 21.9. The number of nitrogens with zero attached hydrogens (tertiary/aromatic N) is 2. The molecule has 1 amide bonds. The average Bonchev–Trinajstić information content (AvgIpc) is 2.59. The SMILES string of the molecule is N=C(NCCCCCCCCCCN)NC(=O)c1nc(Cl)c(N)nc1N. The molecule has 0 saturated carbocycles. The van der Waals surface area contributed by atoms with Crippen LogP contribution in [0.4, 0.5) is 11.6 Å². The molecule has 146 valence electrons. The van der Waals surface area contributed by atoms with E-state index in [-0.39, 0.29) is 28.4 Å². The fourth-order valence-corrected chi connectivity index (χ4v) is 2.50. The van der Waals surface area contributed by atoms with Crippen LogP contribution < -0.4 is 27.8 Å². The molecule has 1 aromatic rings. The zero-order valence-electron chi connectivity index (χ0n) is 15.0. The van der Waals surface area contributed by atoms with Crippen LogP contribution >= 0.6 is 11.6 Å². The summed E-state index contributed by atoms with van der Waals surface area (Å²) in [5, 5.41) is 12.8. The lowest BCUT2D eigenvalue weighted by atomic mass is 10.1. The van der Waals surface area contributed by atoms with Gasteiger partial charge in [0.05, 0.1) is 0 Å². The Balaban J connectivity index is 2.17. The summed E-state index contributed by atoms with van der Waals surface area (Å²) in [5.41, 5.74) is 16.4. The van der Waals surface area contributed by atoms with Crippen molar-refractivity contribution in [2.45, 2.75) is 51.4 Å². The van der Waals surface area contributed by atoms with Gasteiger partial charge in [-0.15, -0.1) is 0 Å². The van der Waals surface area contributed by atoms with E-state index in [0.29, 0.717) is 6.54 Å². The third-order valence-electron chi connectivity index (χ3n) is 3.79. The Morgan fingerprint density at radius 2 is 1.54 bits per heavy atom. The Morgan fingerprint density at radius 3 is 2.15 bits per heavy atom. The smallest absolute Gasteiger partial charge is 0.280 e. The summed E-state index contributed by atoms with van der Waals surface area (Å²) in [6, 6.07) is 0. The number of hydrogen-bond donors (Lipinski definition) is 6. The number of aromatic nitrogens is 2. The number of anilines is 2. The van der Waals surface area contributed by atoms with Crippen LogP contribution in [0.3, 0.4) is 0 Å². The molecule has 0 atom stereocenters. The van der Waals surface area contributed by atoms with Gasteiger partial charge in [0.15, 0.2) is 28.4 Å². The lowest BCUT2D eigenvalue weighted by molar-refractivity contribution is 0.0971. The van der Waals surface area contributed by atoms with Gasteiger partial charge in [0.2, 0.25) is 0 Å². The molecule has 26 heavy (non-hydrogen) atoms. The van der Waals surface area contributed by atoms with Gasteiger partial charge in [-0.25, -0.2) is 9.97 Å². The second-order valence-electron chi connectivity index (χ2n) is 6.01. The molecule has 0 unspecified atom stereocenters. The molecular weight excluding hydrogens is 356 g/mol. The minimum atomic E-state index is -0.660. The molecule has 0 radical (unpaired) electrons. The van der Waals surface area contributed by atoms with Gasteiger partial charge in [-0.05, 0) is 19.4 Å². The molecule has 0 bridgehead atoms. The van der Waals surface area contributed by atoms with Gasteiger partial charge >= 0.3 is 0 Å². The third kappa shape index (κ3) is 8.30. The molecule has 9 N–H and O–H groups in total. The number of amides is 1. The number of rotatable bonds is 11. The van der Waals surface area contributed by atoms with Crippen LogP contribution in [0.2, 0.25) is 5.15 Å². The molecule has 0 aliphatic rings. The van der Waals surface area contributed by atoms with E-state index in [1.807, 2.05) is 0 Å². The Bertz CT molecular complexity index is 596. The van der Waals surface area contributed by atoms with Crippen molar-refractivity contribution in [1.82, 2.24) is 20.6 Å². The van der Waals surface area contributed by atoms with Gasteiger partial charge < -0.3 is 22.5 Å². The maximum Gasteiger partial charge on any atom is 0.280 e. The fraction of sp³-hybridized carbons (Fsp3) is 0.625. The number of guanidine groups is 1. The van der Waals surface area contributed by atoms with Crippen molar-refractivity contribution in [2.24, 2.45) is 5.73 Å². The molecule has 1 aromatic heterocycles. The highest BCUT2D eigenvalue weighted by molar-refractivity contribution is 6.31. The zero-order chi connectivity index (χ0) is 19.4. The summed E-state index contributed by atoms with van der Waals surface area (Å²) in [6.07, 6.45) is 9.20. The first-order valence-electron chi connectivity index (χ1n) is 8.88. The number of nitrogens with two attached hydrogens (primary N) is 3. The van der Waals surface area contributed by atoms with Gasteiger partial charge in [-0.2, -0.15) is 0 Å². The Kier molecular flexibility index (Phi) is 10.3. The van der Waals surface area contributed by atoms with Gasteiger partial charge in [0, 0.05) is 6.54 Å². The minimum Gasteiger partial charge on any atom is -0.382 e. The third-order valence-corrected chi connectivity index (χ3v) is 4.07. The number of nitrogen functional groups attached to an aromatic ring is 2. The normalized spacial score (nSPS) is 10.5. The van der Waals surface area contributed by atoms with Crippen molar-refractivity contribution in [3.05, 3.63) is 10.8 Å². The molecular formula is C16H29ClN8O. The van der Waals surface area contributed by atoms with Crippen LogP contribution in [-0.4, -0.2) is 34.9 Å². The molecule has 1 heterocycles. The number of carbonyl (C=O) groups excluding carboxylic acids is 1. The van der Waals surface area contributed by atoms with Gasteiger partial charge in [-0.1, -0.05) is 50.1 Å². The molecule has 9 nitrogen and oxygen atoms in total. The van der Waals surface area contributed by atoms with Gasteiger partial charge in [0.1, 0.15) is 0 Å². The van der Waals surface area contributed by atoms with Crippen LogP contribution in [0, 0.1) is 5.41 Å². The molecule has 0 aliphatic carbocycles. The average molecular weight is 385 g/mol. The van der Waals surface area contributed by atoms with E-state index in [2.05, 4.69) is 20.6 Å². The molecule has 0 aliphatic heterocycles.